The highest BCUT2D eigenvalue weighted by Gasteiger charge is 2.39. The van der Waals surface area contributed by atoms with Gasteiger partial charge in [0.15, 0.2) is 0 Å². The third-order valence-corrected chi connectivity index (χ3v) is 6.13. The Kier molecular flexibility index (Phi) is 5.92. The minimum atomic E-state index is 0.0396. The van der Waals surface area contributed by atoms with Gasteiger partial charge in [-0.2, -0.15) is 0 Å². The maximum Gasteiger partial charge on any atom is 0.120 e. The summed E-state index contributed by atoms with van der Waals surface area (Å²) in [7, 11) is 2.00. The Morgan fingerprint density at radius 3 is 2.23 bits per heavy atom. The number of fused-ring (bicyclic) bond motifs is 1. The molecule has 3 rings (SSSR count). The molecule has 1 fully saturated rings. The summed E-state index contributed by atoms with van der Waals surface area (Å²) >= 11 is 0. The third kappa shape index (κ3) is 4.99. The fourth-order valence-corrected chi connectivity index (χ4v) is 4.93. The highest BCUT2D eigenvalue weighted by atomic mass is 15.2. The average Bonchev–Trinajstić information content (AvgIpc) is 2.62. The second kappa shape index (κ2) is 7.99. The van der Waals surface area contributed by atoms with Gasteiger partial charge in [-0.25, -0.2) is 0 Å². The predicted octanol–water partition coefficient (Wildman–Crippen LogP) is 5.60. The van der Waals surface area contributed by atoms with Gasteiger partial charge >= 0.3 is 0 Å². The molecule has 1 aliphatic heterocycles. The van der Waals surface area contributed by atoms with Crippen molar-refractivity contribution in [2.45, 2.75) is 71.5 Å². The van der Waals surface area contributed by atoms with Gasteiger partial charge in [-0.15, -0.1) is 0 Å². The van der Waals surface area contributed by atoms with Crippen molar-refractivity contribution in [1.29, 1.82) is 10.8 Å². The van der Waals surface area contributed by atoms with Crippen LogP contribution in [0.4, 0.5) is 0 Å². The second-order valence-corrected chi connectivity index (χ2v) is 10.2. The number of piperidine rings is 1. The topological polar surface area (TPSA) is 63.0 Å². The number of nitrogens with zero attached hydrogens (tertiary/aromatic N) is 1. The van der Waals surface area contributed by atoms with Crippen LogP contribution in [0, 0.1) is 24.7 Å². The summed E-state index contributed by atoms with van der Waals surface area (Å²) in [5, 5.41) is 23.2. The summed E-state index contributed by atoms with van der Waals surface area (Å²) in [6.45, 7) is 13.1. The minimum absolute atomic E-state index is 0.0396. The number of nitrogens with one attached hydrogen (secondary N) is 3. The Hall–Kier alpha value is -2.46. The predicted molar refractivity (Wildman–Crippen MR) is 129 cm³/mol. The molecule has 1 aliphatic rings. The van der Waals surface area contributed by atoms with E-state index < -0.39 is 0 Å². The first-order valence-electron chi connectivity index (χ1n) is 10.8. The van der Waals surface area contributed by atoms with Crippen LogP contribution in [0.25, 0.3) is 10.8 Å². The molecule has 0 aromatic heterocycles. The molecule has 1 saturated heterocycles. The molecule has 0 amide bonds. The van der Waals surface area contributed by atoms with Gasteiger partial charge in [0.05, 0.1) is 5.71 Å². The van der Waals surface area contributed by atoms with Crippen LogP contribution < -0.4 is 5.32 Å². The van der Waals surface area contributed by atoms with E-state index in [4.69, 9.17) is 10.8 Å². The Morgan fingerprint density at radius 2 is 1.60 bits per heavy atom. The van der Waals surface area contributed by atoms with Crippen LogP contribution in [0.2, 0.25) is 0 Å². The Labute approximate surface area is 181 Å². The lowest BCUT2D eigenvalue weighted by atomic mass is 9.79. The van der Waals surface area contributed by atoms with Crippen molar-refractivity contribution in [3.63, 3.8) is 0 Å². The zero-order valence-electron chi connectivity index (χ0n) is 19.5. The molecule has 0 saturated carbocycles. The van der Waals surface area contributed by atoms with Crippen LogP contribution in [-0.2, 0) is 0 Å². The number of rotatable bonds is 4. The van der Waals surface area contributed by atoms with Crippen LogP contribution in [-0.4, -0.2) is 40.6 Å². The Balaban J connectivity index is 1.76. The van der Waals surface area contributed by atoms with Gasteiger partial charge < -0.3 is 15.6 Å². The summed E-state index contributed by atoms with van der Waals surface area (Å²) in [6, 6.07) is 10.9. The number of benzene rings is 2. The van der Waals surface area contributed by atoms with Crippen molar-refractivity contribution in [3.05, 3.63) is 59.2 Å². The molecule has 4 nitrogen and oxygen atoms in total. The smallest absolute Gasteiger partial charge is 0.120 e. The van der Waals surface area contributed by atoms with Crippen LogP contribution in [0.15, 0.2) is 42.5 Å². The zero-order valence-corrected chi connectivity index (χ0v) is 19.5. The summed E-state index contributed by atoms with van der Waals surface area (Å²) in [6.07, 6.45) is 5.51. The summed E-state index contributed by atoms with van der Waals surface area (Å²) in [4.78, 5) is 2.06. The number of amidine groups is 1. The highest BCUT2D eigenvalue weighted by Crippen LogP contribution is 2.31. The molecule has 0 radical (unpaired) electrons. The quantitative estimate of drug-likeness (QED) is 0.459. The molecular formula is C26H36N4. The Bertz CT molecular complexity index is 997. The molecule has 0 spiro atoms. The van der Waals surface area contributed by atoms with E-state index in [1.807, 2.05) is 7.05 Å². The first-order valence-corrected chi connectivity index (χ1v) is 10.8. The van der Waals surface area contributed by atoms with Crippen LogP contribution in [0.1, 0.15) is 57.2 Å². The molecule has 4 heteroatoms. The van der Waals surface area contributed by atoms with Gasteiger partial charge in [0.1, 0.15) is 5.84 Å². The molecule has 160 valence electrons. The molecule has 2 aromatic carbocycles. The second-order valence-electron chi connectivity index (χ2n) is 10.2. The number of hydrogen-bond acceptors (Lipinski definition) is 3. The molecule has 0 bridgehead atoms. The van der Waals surface area contributed by atoms with Crippen molar-refractivity contribution in [3.8, 4) is 0 Å². The molecule has 2 aromatic rings. The van der Waals surface area contributed by atoms with Gasteiger partial charge in [0, 0.05) is 29.7 Å². The molecule has 30 heavy (non-hydrogen) atoms. The first kappa shape index (κ1) is 22.2. The zero-order chi connectivity index (χ0) is 22.3. The van der Waals surface area contributed by atoms with Gasteiger partial charge in [-0.3, -0.25) is 5.41 Å². The van der Waals surface area contributed by atoms with Crippen molar-refractivity contribution in [2.24, 2.45) is 0 Å². The number of allylic oxidation sites excluding steroid dienone is 1. The van der Waals surface area contributed by atoms with Gasteiger partial charge in [-0.05, 0) is 88.9 Å². The van der Waals surface area contributed by atoms with Crippen LogP contribution in [0.5, 0.6) is 0 Å². The SMILES string of the molecule is Cc1ccc2cc(C(=N)/C=C\C(=N)N(C)C3CC(C)(C)NC(C)(C)C3)c(C)cc2c1. The van der Waals surface area contributed by atoms with Crippen LogP contribution in [0.3, 0.4) is 0 Å². The monoisotopic (exact) mass is 404 g/mol. The van der Waals surface area contributed by atoms with E-state index in [0.717, 1.165) is 29.4 Å². The minimum Gasteiger partial charge on any atom is -0.357 e. The number of likely N-dealkylation sites (N-methyl/N-ethyl adjacent to an activating group) is 1. The van der Waals surface area contributed by atoms with Crippen LogP contribution >= 0.6 is 0 Å². The summed E-state index contributed by atoms with van der Waals surface area (Å²) in [5.41, 5.74) is 3.77. The lowest BCUT2D eigenvalue weighted by molar-refractivity contribution is 0.114. The maximum atomic E-state index is 8.58. The summed E-state index contributed by atoms with van der Waals surface area (Å²) < 4.78 is 0. The largest absolute Gasteiger partial charge is 0.357 e. The van der Waals surface area contributed by atoms with E-state index in [2.05, 4.69) is 82.1 Å². The lowest BCUT2D eigenvalue weighted by Gasteiger charge is -2.49. The first-order chi connectivity index (χ1) is 13.9. The fourth-order valence-electron chi connectivity index (χ4n) is 4.93. The van der Waals surface area contributed by atoms with E-state index >= 15 is 0 Å². The van der Waals surface area contributed by atoms with E-state index in [9.17, 15) is 0 Å². The van der Waals surface area contributed by atoms with Crippen molar-refractivity contribution >= 4 is 22.3 Å². The van der Waals surface area contributed by atoms with E-state index in [0.29, 0.717) is 17.6 Å². The van der Waals surface area contributed by atoms with Gasteiger partial charge in [0.2, 0.25) is 0 Å². The standard InChI is InChI=1S/C26H36N4/c1-17-8-9-19-14-22(18(2)13-20(19)12-17)23(27)10-11-24(28)30(7)21-15-25(3,4)29-26(5,6)16-21/h8-14,21,27-29H,15-16H2,1-7H3/b11-10-,27-23?,28-24?. The number of hydrogen-bond donors (Lipinski definition) is 3. The normalized spacial score (nSPS) is 18.6. The van der Waals surface area contributed by atoms with E-state index in [-0.39, 0.29) is 11.1 Å². The molecular weight excluding hydrogens is 368 g/mol. The van der Waals surface area contributed by atoms with Gasteiger partial charge in [0.25, 0.3) is 0 Å². The third-order valence-electron chi connectivity index (χ3n) is 6.13. The van der Waals surface area contributed by atoms with Crippen molar-refractivity contribution in [2.75, 3.05) is 7.05 Å². The van der Waals surface area contributed by atoms with E-state index in [1.165, 1.54) is 10.9 Å². The molecule has 3 N–H and O–H groups in total. The lowest BCUT2D eigenvalue weighted by Crippen LogP contribution is -2.62. The van der Waals surface area contributed by atoms with Crippen molar-refractivity contribution in [1.82, 2.24) is 10.2 Å². The summed E-state index contributed by atoms with van der Waals surface area (Å²) in [5.74, 6) is 0.451. The van der Waals surface area contributed by atoms with E-state index in [1.54, 1.807) is 12.2 Å². The fraction of sp³-hybridized carbons (Fsp3) is 0.462. The molecule has 0 atom stereocenters. The number of aryl methyl sites for hydroxylation is 2. The molecule has 0 aliphatic carbocycles. The Morgan fingerprint density at radius 1 is 0.967 bits per heavy atom. The molecule has 1 heterocycles. The maximum absolute atomic E-state index is 8.58. The van der Waals surface area contributed by atoms with Crippen molar-refractivity contribution < 1.29 is 0 Å². The highest BCUT2D eigenvalue weighted by molar-refractivity contribution is 6.12. The average molecular weight is 405 g/mol. The van der Waals surface area contributed by atoms with Gasteiger partial charge in [-0.1, -0.05) is 29.8 Å². The molecule has 0 unspecified atom stereocenters.